The molecule has 0 spiro atoms. The summed E-state index contributed by atoms with van der Waals surface area (Å²) in [6.45, 7) is 8.01. The van der Waals surface area contributed by atoms with Gasteiger partial charge >= 0.3 is 0 Å². The van der Waals surface area contributed by atoms with Gasteiger partial charge in [-0.2, -0.15) is 0 Å². The van der Waals surface area contributed by atoms with Crippen molar-refractivity contribution in [2.75, 3.05) is 0 Å². The summed E-state index contributed by atoms with van der Waals surface area (Å²) in [5, 5.41) is 0. The van der Waals surface area contributed by atoms with Gasteiger partial charge in [-0.3, -0.25) is 0 Å². The highest BCUT2D eigenvalue weighted by molar-refractivity contribution is 5.27. The Morgan fingerprint density at radius 1 is 1.29 bits per heavy atom. The van der Waals surface area contributed by atoms with E-state index in [1.165, 1.54) is 18.9 Å². The first-order valence-electron chi connectivity index (χ1n) is 7.97. The smallest absolute Gasteiger partial charge is 0.123 e. The highest BCUT2D eigenvalue weighted by atomic mass is 19.1. The number of hydrogen-bond donors (Lipinski definition) is 1. The van der Waals surface area contributed by atoms with Gasteiger partial charge in [0.05, 0.1) is 12.7 Å². The van der Waals surface area contributed by atoms with Gasteiger partial charge in [0.2, 0.25) is 0 Å². The molecule has 1 aromatic carbocycles. The summed E-state index contributed by atoms with van der Waals surface area (Å²) in [4.78, 5) is 0. The number of hydrogen-bond acceptors (Lipinski definition) is 2. The molecule has 2 aliphatic carbocycles. The number of rotatable bonds is 4. The molecule has 2 nitrogen and oxygen atoms in total. The lowest BCUT2D eigenvalue weighted by Crippen LogP contribution is -2.37. The Bertz CT molecular complexity index is 542. The molecular formula is C18H26FNO. The zero-order chi connectivity index (χ0) is 15.3. The second-order valence-electron chi connectivity index (χ2n) is 7.53. The van der Waals surface area contributed by atoms with Crippen LogP contribution in [0.1, 0.15) is 51.2 Å². The number of ether oxygens (including phenoxy) is 1. The summed E-state index contributed by atoms with van der Waals surface area (Å²) in [6.07, 6.45) is 3.97. The van der Waals surface area contributed by atoms with Crippen LogP contribution in [-0.2, 0) is 17.9 Å². The molecule has 2 bridgehead atoms. The quantitative estimate of drug-likeness (QED) is 0.909. The van der Waals surface area contributed by atoms with Crippen LogP contribution in [0.4, 0.5) is 4.39 Å². The molecule has 21 heavy (non-hydrogen) atoms. The molecule has 0 heterocycles. The first-order chi connectivity index (χ1) is 9.88. The van der Waals surface area contributed by atoms with Gasteiger partial charge in [-0.15, -0.1) is 0 Å². The molecule has 3 rings (SSSR count). The lowest BCUT2D eigenvalue weighted by atomic mass is 9.70. The summed E-state index contributed by atoms with van der Waals surface area (Å²) in [5.74, 6) is 0.541. The van der Waals surface area contributed by atoms with Crippen molar-refractivity contribution in [2.24, 2.45) is 22.5 Å². The molecule has 2 saturated carbocycles. The Morgan fingerprint density at radius 2 is 2.05 bits per heavy atom. The zero-order valence-corrected chi connectivity index (χ0v) is 13.3. The molecule has 2 aliphatic rings. The average molecular weight is 291 g/mol. The fourth-order valence-electron chi connectivity index (χ4n) is 4.50. The fourth-order valence-corrected chi connectivity index (χ4v) is 4.50. The summed E-state index contributed by atoms with van der Waals surface area (Å²) < 4.78 is 19.7. The van der Waals surface area contributed by atoms with Crippen LogP contribution < -0.4 is 5.73 Å². The molecular weight excluding hydrogens is 265 g/mol. The maximum absolute atomic E-state index is 13.4. The van der Waals surface area contributed by atoms with Gasteiger partial charge in [-0.25, -0.2) is 4.39 Å². The van der Waals surface area contributed by atoms with Crippen molar-refractivity contribution in [1.29, 1.82) is 0 Å². The second-order valence-corrected chi connectivity index (χ2v) is 7.53. The van der Waals surface area contributed by atoms with Crippen LogP contribution >= 0.6 is 0 Å². The van der Waals surface area contributed by atoms with Crippen molar-refractivity contribution >= 4 is 0 Å². The van der Waals surface area contributed by atoms with Crippen molar-refractivity contribution < 1.29 is 9.13 Å². The first-order valence-corrected chi connectivity index (χ1v) is 7.97. The zero-order valence-electron chi connectivity index (χ0n) is 13.3. The van der Waals surface area contributed by atoms with Crippen molar-refractivity contribution in [3.63, 3.8) is 0 Å². The highest BCUT2D eigenvalue weighted by Crippen LogP contribution is 2.66. The van der Waals surface area contributed by atoms with Gasteiger partial charge in [0.1, 0.15) is 5.82 Å². The molecule has 1 aromatic rings. The van der Waals surface area contributed by atoms with Crippen LogP contribution in [0.3, 0.4) is 0 Å². The highest BCUT2D eigenvalue weighted by Gasteiger charge is 2.61. The van der Waals surface area contributed by atoms with E-state index < -0.39 is 0 Å². The van der Waals surface area contributed by atoms with E-state index in [-0.39, 0.29) is 17.3 Å². The Kier molecular flexibility index (Phi) is 3.61. The van der Waals surface area contributed by atoms with E-state index in [1.54, 1.807) is 12.1 Å². The van der Waals surface area contributed by atoms with Crippen LogP contribution in [-0.4, -0.2) is 6.10 Å². The lowest BCUT2D eigenvalue weighted by Gasteiger charge is -2.39. The minimum Gasteiger partial charge on any atom is -0.373 e. The number of nitrogens with two attached hydrogens (primary N) is 1. The monoisotopic (exact) mass is 291 g/mol. The molecule has 116 valence electrons. The number of benzene rings is 1. The van der Waals surface area contributed by atoms with Crippen molar-refractivity contribution in [2.45, 2.75) is 59.3 Å². The second kappa shape index (κ2) is 5.06. The molecule has 2 N–H and O–H groups in total. The molecule has 0 aromatic heterocycles. The Morgan fingerprint density at radius 3 is 2.62 bits per heavy atom. The van der Waals surface area contributed by atoms with Gasteiger partial charge in [0.15, 0.2) is 0 Å². The molecule has 0 radical (unpaired) electrons. The summed E-state index contributed by atoms with van der Waals surface area (Å²) in [6, 6.07) is 4.79. The van der Waals surface area contributed by atoms with Gasteiger partial charge in [0.25, 0.3) is 0 Å². The molecule has 0 amide bonds. The van der Waals surface area contributed by atoms with Crippen LogP contribution in [0.2, 0.25) is 0 Å². The fraction of sp³-hybridized carbons (Fsp3) is 0.667. The summed E-state index contributed by atoms with van der Waals surface area (Å²) >= 11 is 0. The topological polar surface area (TPSA) is 35.2 Å². The molecule has 3 atom stereocenters. The third kappa shape index (κ3) is 2.22. The Labute approximate surface area is 126 Å². The number of fused-ring (bicyclic) bond motifs is 2. The lowest BCUT2D eigenvalue weighted by molar-refractivity contribution is -0.0552. The Balaban J connectivity index is 1.74. The van der Waals surface area contributed by atoms with E-state index in [0.29, 0.717) is 18.6 Å². The first kappa shape index (κ1) is 15.0. The van der Waals surface area contributed by atoms with E-state index in [4.69, 9.17) is 10.5 Å². The van der Waals surface area contributed by atoms with Crippen LogP contribution in [0.25, 0.3) is 0 Å². The molecule has 3 heteroatoms. The van der Waals surface area contributed by atoms with E-state index >= 15 is 0 Å². The van der Waals surface area contributed by atoms with Gasteiger partial charge in [-0.1, -0.05) is 26.8 Å². The minimum absolute atomic E-state index is 0.217. The summed E-state index contributed by atoms with van der Waals surface area (Å²) in [7, 11) is 0. The normalized spacial score (nSPS) is 33.6. The van der Waals surface area contributed by atoms with E-state index in [0.717, 1.165) is 23.5 Å². The summed E-state index contributed by atoms with van der Waals surface area (Å²) in [5.41, 5.74) is 8.19. The third-order valence-electron chi connectivity index (χ3n) is 6.54. The van der Waals surface area contributed by atoms with E-state index in [1.807, 2.05) is 0 Å². The average Bonchev–Trinajstić information content (AvgIpc) is 2.78. The largest absolute Gasteiger partial charge is 0.373 e. The SMILES string of the molecule is CC1(C)C2CCC1(C)C(OCc1cc(F)ccc1CN)C2. The Hall–Kier alpha value is -0.930. The molecule has 2 fully saturated rings. The number of halogens is 1. The van der Waals surface area contributed by atoms with Crippen LogP contribution in [0, 0.1) is 22.6 Å². The van der Waals surface area contributed by atoms with Gasteiger partial charge in [0, 0.05) is 6.54 Å². The van der Waals surface area contributed by atoms with E-state index in [2.05, 4.69) is 20.8 Å². The molecule has 3 unspecified atom stereocenters. The maximum atomic E-state index is 13.4. The van der Waals surface area contributed by atoms with Crippen molar-refractivity contribution in [3.05, 3.63) is 35.1 Å². The van der Waals surface area contributed by atoms with Crippen LogP contribution in [0.15, 0.2) is 18.2 Å². The predicted octanol–water partition coefficient (Wildman–Crippen LogP) is 4.02. The van der Waals surface area contributed by atoms with Crippen LogP contribution in [0.5, 0.6) is 0 Å². The minimum atomic E-state index is -0.217. The molecule has 0 aliphatic heterocycles. The van der Waals surface area contributed by atoms with Gasteiger partial charge in [-0.05, 0) is 59.3 Å². The van der Waals surface area contributed by atoms with Crippen molar-refractivity contribution in [1.82, 2.24) is 0 Å². The third-order valence-corrected chi connectivity index (χ3v) is 6.54. The van der Waals surface area contributed by atoms with Crippen molar-refractivity contribution in [3.8, 4) is 0 Å². The standard InChI is InChI=1S/C18H26FNO/c1-17(2)14-6-7-18(17,3)16(9-14)21-11-13-8-15(19)5-4-12(13)10-20/h4-5,8,14,16H,6-7,9-11,20H2,1-3H3. The van der Waals surface area contributed by atoms with E-state index in [9.17, 15) is 4.39 Å². The predicted molar refractivity (Wildman–Crippen MR) is 82.1 cm³/mol. The van der Waals surface area contributed by atoms with Gasteiger partial charge < -0.3 is 10.5 Å². The maximum Gasteiger partial charge on any atom is 0.123 e. The molecule has 0 saturated heterocycles.